The van der Waals surface area contributed by atoms with E-state index in [4.69, 9.17) is 0 Å². The van der Waals surface area contributed by atoms with Crippen LogP contribution in [0.3, 0.4) is 0 Å². The third-order valence-electron chi connectivity index (χ3n) is 5.52. The highest BCUT2D eigenvalue weighted by Crippen LogP contribution is 2.22. The van der Waals surface area contributed by atoms with Crippen molar-refractivity contribution in [1.29, 1.82) is 0 Å². The summed E-state index contributed by atoms with van der Waals surface area (Å²) >= 11 is 0. The molecule has 3 heteroatoms. The molecule has 1 fully saturated rings. The van der Waals surface area contributed by atoms with Gasteiger partial charge >= 0.3 is 0 Å². The van der Waals surface area contributed by atoms with E-state index < -0.39 is 0 Å². The summed E-state index contributed by atoms with van der Waals surface area (Å²) in [5.41, 5.74) is 6.97. The van der Waals surface area contributed by atoms with E-state index in [9.17, 15) is 4.79 Å². The summed E-state index contributed by atoms with van der Waals surface area (Å²) < 4.78 is 0. The minimum atomic E-state index is -0.0112. The molecule has 138 valence electrons. The van der Waals surface area contributed by atoms with Crippen LogP contribution in [0.15, 0.2) is 36.4 Å². The van der Waals surface area contributed by atoms with Crippen LogP contribution in [-0.2, 0) is 6.54 Å². The molecule has 0 aromatic heterocycles. The molecular formula is C23H30N2O. The normalized spacial score (nSPS) is 15.8. The summed E-state index contributed by atoms with van der Waals surface area (Å²) in [6.07, 6.45) is 2.60. The lowest BCUT2D eigenvalue weighted by Gasteiger charge is -2.19. The minimum Gasteiger partial charge on any atom is -0.346 e. The van der Waals surface area contributed by atoms with E-state index in [-0.39, 0.29) is 11.9 Å². The quantitative estimate of drug-likeness (QED) is 0.848. The van der Waals surface area contributed by atoms with Crippen molar-refractivity contribution in [3.8, 4) is 0 Å². The number of carbonyl (C=O) groups is 1. The van der Waals surface area contributed by atoms with E-state index in [2.05, 4.69) is 62.2 Å². The van der Waals surface area contributed by atoms with Gasteiger partial charge in [-0.2, -0.15) is 0 Å². The van der Waals surface area contributed by atoms with Gasteiger partial charge < -0.3 is 5.32 Å². The highest BCUT2D eigenvalue weighted by Gasteiger charge is 2.15. The van der Waals surface area contributed by atoms with Gasteiger partial charge in [0.1, 0.15) is 0 Å². The van der Waals surface area contributed by atoms with Gasteiger partial charge in [0.05, 0.1) is 6.04 Å². The van der Waals surface area contributed by atoms with Gasteiger partial charge in [0.15, 0.2) is 0 Å². The number of rotatable bonds is 5. The predicted molar refractivity (Wildman–Crippen MR) is 107 cm³/mol. The molecule has 1 aliphatic heterocycles. The van der Waals surface area contributed by atoms with Crippen LogP contribution in [-0.4, -0.2) is 23.9 Å². The van der Waals surface area contributed by atoms with Crippen molar-refractivity contribution in [3.63, 3.8) is 0 Å². The molecular weight excluding hydrogens is 320 g/mol. The van der Waals surface area contributed by atoms with Crippen LogP contribution in [0, 0.1) is 20.8 Å². The van der Waals surface area contributed by atoms with Gasteiger partial charge in [-0.25, -0.2) is 0 Å². The zero-order valence-corrected chi connectivity index (χ0v) is 16.4. The fourth-order valence-corrected chi connectivity index (χ4v) is 3.77. The average Bonchev–Trinajstić information content (AvgIpc) is 3.11. The van der Waals surface area contributed by atoms with Gasteiger partial charge in [-0.05, 0) is 93.6 Å². The van der Waals surface area contributed by atoms with Crippen LogP contribution in [0.2, 0.25) is 0 Å². The summed E-state index contributed by atoms with van der Waals surface area (Å²) in [6.45, 7) is 11.8. The lowest BCUT2D eigenvalue weighted by Crippen LogP contribution is -2.27. The van der Waals surface area contributed by atoms with Crippen molar-refractivity contribution in [1.82, 2.24) is 10.2 Å². The summed E-state index contributed by atoms with van der Waals surface area (Å²) in [5.74, 6) is -0.0112. The van der Waals surface area contributed by atoms with Crippen LogP contribution in [0.5, 0.6) is 0 Å². The van der Waals surface area contributed by atoms with Crippen LogP contribution in [0.25, 0.3) is 0 Å². The number of aryl methyl sites for hydroxylation is 3. The molecule has 0 aliphatic carbocycles. The molecule has 1 amide bonds. The maximum absolute atomic E-state index is 12.6. The standard InChI is InChI=1S/C23H30N2O/c1-16-13-18(3)22(14-17(16)2)19(4)24-23(26)21-9-7-20(8-10-21)15-25-11-5-6-12-25/h7-10,13-14,19H,5-6,11-12,15H2,1-4H3,(H,24,26)/t19-/m1/s1. The second kappa shape index (κ2) is 8.05. The van der Waals surface area contributed by atoms with Gasteiger partial charge in [-0.1, -0.05) is 24.3 Å². The lowest BCUT2D eigenvalue weighted by atomic mass is 9.96. The van der Waals surface area contributed by atoms with Crippen molar-refractivity contribution in [2.75, 3.05) is 13.1 Å². The summed E-state index contributed by atoms with van der Waals surface area (Å²) in [4.78, 5) is 15.1. The summed E-state index contributed by atoms with van der Waals surface area (Å²) in [5, 5.41) is 3.14. The monoisotopic (exact) mass is 350 g/mol. The largest absolute Gasteiger partial charge is 0.346 e. The average molecular weight is 351 g/mol. The molecule has 0 spiro atoms. The van der Waals surface area contributed by atoms with E-state index in [0.717, 1.165) is 12.1 Å². The van der Waals surface area contributed by atoms with E-state index in [1.807, 2.05) is 12.1 Å². The Hall–Kier alpha value is -2.13. The summed E-state index contributed by atoms with van der Waals surface area (Å²) in [6, 6.07) is 12.4. The Morgan fingerprint density at radius 1 is 1.00 bits per heavy atom. The topological polar surface area (TPSA) is 32.3 Å². The van der Waals surface area contributed by atoms with E-state index in [1.165, 1.54) is 53.7 Å². The molecule has 1 atom stereocenters. The first kappa shape index (κ1) is 18.7. The fourth-order valence-electron chi connectivity index (χ4n) is 3.77. The molecule has 3 rings (SSSR count). The highest BCUT2D eigenvalue weighted by atomic mass is 16.1. The molecule has 2 aromatic carbocycles. The molecule has 1 aliphatic rings. The first-order valence-corrected chi connectivity index (χ1v) is 9.64. The molecule has 3 nitrogen and oxygen atoms in total. The number of likely N-dealkylation sites (tertiary alicyclic amines) is 1. The molecule has 0 saturated carbocycles. The van der Waals surface area contributed by atoms with Crippen molar-refractivity contribution < 1.29 is 4.79 Å². The second-order valence-corrected chi connectivity index (χ2v) is 7.67. The SMILES string of the molecule is Cc1cc(C)c([C@@H](C)NC(=O)c2ccc(CN3CCCC3)cc2)cc1C. The third kappa shape index (κ3) is 4.34. The fraction of sp³-hybridized carbons (Fsp3) is 0.435. The number of carbonyl (C=O) groups excluding carboxylic acids is 1. The van der Waals surface area contributed by atoms with E-state index >= 15 is 0 Å². The highest BCUT2D eigenvalue weighted by molar-refractivity contribution is 5.94. The number of amides is 1. The maximum Gasteiger partial charge on any atom is 0.251 e. The molecule has 1 heterocycles. The first-order chi connectivity index (χ1) is 12.4. The van der Waals surface area contributed by atoms with Gasteiger partial charge in [-0.3, -0.25) is 9.69 Å². The van der Waals surface area contributed by atoms with Crippen LogP contribution < -0.4 is 5.32 Å². The first-order valence-electron chi connectivity index (χ1n) is 9.64. The van der Waals surface area contributed by atoms with Crippen LogP contribution in [0.1, 0.15) is 64.0 Å². The Labute approximate surface area is 157 Å². The van der Waals surface area contributed by atoms with Crippen molar-refractivity contribution in [3.05, 3.63) is 69.8 Å². The number of hydrogen-bond acceptors (Lipinski definition) is 2. The summed E-state index contributed by atoms with van der Waals surface area (Å²) in [7, 11) is 0. The van der Waals surface area contributed by atoms with E-state index in [0.29, 0.717) is 0 Å². The number of hydrogen-bond donors (Lipinski definition) is 1. The minimum absolute atomic E-state index is 0.00826. The predicted octanol–water partition coefficient (Wildman–Crippen LogP) is 4.70. The number of nitrogens with zero attached hydrogens (tertiary/aromatic N) is 1. The Morgan fingerprint density at radius 2 is 1.62 bits per heavy atom. The Kier molecular flexibility index (Phi) is 5.77. The second-order valence-electron chi connectivity index (χ2n) is 7.67. The van der Waals surface area contributed by atoms with Gasteiger partial charge in [0.2, 0.25) is 0 Å². The molecule has 0 unspecified atom stereocenters. The van der Waals surface area contributed by atoms with Crippen molar-refractivity contribution in [2.24, 2.45) is 0 Å². The molecule has 26 heavy (non-hydrogen) atoms. The van der Waals surface area contributed by atoms with Crippen molar-refractivity contribution in [2.45, 2.75) is 53.1 Å². The third-order valence-corrected chi connectivity index (χ3v) is 5.52. The van der Waals surface area contributed by atoms with Gasteiger partial charge in [0.25, 0.3) is 5.91 Å². The van der Waals surface area contributed by atoms with Crippen molar-refractivity contribution >= 4 is 5.91 Å². The molecule has 1 saturated heterocycles. The number of nitrogens with one attached hydrogen (secondary N) is 1. The molecule has 2 aromatic rings. The zero-order chi connectivity index (χ0) is 18.7. The Balaban J connectivity index is 1.64. The van der Waals surface area contributed by atoms with E-state index in [1.54, 1.807) is 0 Å². The Morgan fingerprint density at radius 3 is 2.27 bits per heavy atom. The molecule has 0 bridgehead atoms. The lowest BCUT2D eigenvalue weighted by molar-refractivity contribution is 0.0940. The Bertz CT molecular complexity index is 774. The van der Waals surface area contributed by atoms with Gasteiger partial charge in [0, 0.05) is 12.1 Å². The van der Waals surface area contributed by atoms with Crippen LogP contribution >= 0.6 is 0 Å². The number of benzene rings is 2. The smallest absolute Gasteiger partial charge is 0.251 e. The zero-order valence-electron chi connectivity index (χ0n) is 16.4. The van der Waals surface area contributed by atoms with Crippen LogP contribution in [0.4, 0.5) is 0 Å². The molecule has 0 radical (unpaired) electrons. The van der Waals surface area contributed by atoms with Gasteiger partial charge in [-0.15, -0.1) is 0 Å². The molecule has 1 N–H and O–H groups in total. The maximum atomic E-state index is 12.6.